The number of ether oxygens (including phenoxy) is 1. The predicted octanol–water partition coefficient (Wildman–Crippen LogP) is 2.50. The van der Waals surface area contributed by atoms with Gasteiger partial charge in [-0.2, -0.15) is 8.78 Å². The molecule has 0 heterocycles. The highest BCUT2D eigenvalue weighted by molar-refractivity contribution is 5.43. The maximum absolute atomic E-state index is 11.8. The molecule has 1 rings (SSSR count). The second kappa shape index (κ2) is 3.99. The van der Waals surface area contributed by atoms with Gasteiger partial charge in [0.25, 0.3) is 5.69 Å². The monoisotopic (exact) mass is 203 g/mol. The maximum Gasteiger partial charge on any atom is 0.387 e. The first-order valence-corrected chi connectivity index (χ1v) is 3.70. The number of nitrogens with zero attached hydrogens (tertiary/aromatic N) is 1. The summed E-state index contributed by atoms with van der Waals surface area (Å²) in [5.74, 6) is -0.172. The summed E-state index contributed by atoms with van der Waals surface area (Å²) in [5, 5.41) is 10.3. The number of rotatable bonds is 3. The molecule has 0 N–H and O–H groups in total. The number of alkyl halides is 2. The molecule has 0 fully saturated rings. The minimum atomic E-state index is -2.98. The number of hydrogen-bond donors (Lipinski definition) is 0. The Hall–Kier alpha value is -1.72. The van der Waals surface area contributed by atoms with Crippen LogP contribution in [-0.2, 0) is 0 Å². The van der Waals surface area contributed by atoms with Gasteiger partial charge in [-0.1, -0.05) is 0 Å². The Morgan fingerprint density at radius 3 is 2.64 bits per heavy atom. The van der Waals surface area contributed by atoms with Gasteiger partial charge in [0.05, 0.1) is 11.0 Å². The molecule has 0 radical (unpaired) electrons. The zero-order valence-corrected chi connectivity index (χ0v) is 7.24. The maximum atomic E-state index is 11.8. The second-order valence-corrected chi connectivity index (χ2v) is 2.59. The molecule has 0 bridgehead atoms. The first-order valence-electron chi connectivity index (χ1n) is 3.70. The molecule has 0 aliphatic carbocycles. The molecule has 0 amide bonds. The van der Waals surface area contributed by atoms with E-state index in [1.54, 1.807) is 0 Å². The molecule has 76 valence electrons. The molecule has 0 saturated heterocycles. The quantitative estimate of drug-likeness (QED) is 0.560. The van der Waals surface area contributed by atoms with E-state index in [2.05, 4.69) is 4.74 Å². The minimum Gasteiger partial charge on any atom is -0.434 e. The molecule has 0 unspecified atom stereocenters. The molecule has 0 aliphatic rings. The van der Waals surface area contributed by atoms with Crippen LogP contribution in [0.4, 0.5) is 14.5 Å². The zero-order valence-electron chi connectivity index (χ0n) is 7.24. The van der Waals surface area contributed by atoms with Gasteiger partial charge in [-0.15, -0.1) is 0 Å². The van der Waals surface area contributed by atoms with E-state index in [0.717, 1.165) is 6.07 Å². The fourth-order valence-electron chi connectivity index (χ4n) is 0.925. The third-order valence-corrected chi connectivity index (χ3v) is 1.60. The summed E-state index contributed by atoms with van der Waals surface area (Å²) >= 11 is 0. The van der Waals surface area contributed by atoms with Crippen LogP contribution in [0.2, 0.25) is 0 Å². The third kappa shape index (κ3) is 2.38. The number of benzene rings is 1. The summed E-state index contributed by atoms with van der Waals surface area (Å²) in [4.78, 5) is 9.64. The van der Waals surface area contributed by atoms with Crippen LogP contribution in [0.25, 0.3) is 0 Å². The van der Waals surface area contributed by atoms with E-state index in [4.69, 9.17) is 0 Å². The number of nitro groups is 1. The number of nitro benzene ring substituents is 1. The standard InChI is InChI=1S/C8H7F2NO3/c1-5-2-3-6(11(12)13)4-7(5)14-8(9)10/h2-4,8H,1H3. The van der Waals surface area contributed by atoms with Crippen LogP contribution in [-0.4, -0.2) is 11.5 Å². The Bertz CT molecular complexity index is 354. The van der Waals surface area contributed by atoms with Crippen LogP contribution in [0.3, 0.4) is 0 Å². The Morgan fingerprint density at radius 1 is 1.50 bits per heavy atom. The molecule has 0 spiro atoms. The van der Waals surface area contributed by atoms with Gasteiger partial charge >= 0.3 is 6.61 Å². The fraction of sp³-hybridized carbons (Fsp3) is 0.250. The molecule has 0 atom stereocenters. The van der Waals surface area contributed by atoms with Crippen molar-refractivity contribution in [3.63, 3.8) is 0 Å². The van der Waals surface area contributed by atoms with Gasteiger partial charge in [-0.05, 0) is 18.6 Å². The highest BCUT2D eigenvalue weighted by Crippen LogP contribution is 2.25. The van der Waals surface area contributed by atoms with Gasteiger partial charge in [-0.25, -0.2) is 0 Å². The summed E-state index contributed by atoms with van der Waals surface area (Å²) < 4.78 is 27.8. The van der Waals surface area contributed by atoms with E-state index in [-0.39, 0.29) is 11.4 Å². The van der Waals surface area contributed by atoms with Crippen molar-refractivity contribution in [2.75, 3.05) is 0 Å². The lowest BCUT2D eigenvalue weighted by atomic mass is 10.2. The molecule has 6 heteroatoms. The van der Waals surface area contributed by atoms with Crippen molar-refractivity contribution in [3.8, 4) is 5.75 Å². The van der Waals surface area contributed by atoms with Gasteiger partial charge in [-0.3, -0.25) is 10.1 Å². The van der Waals surface area contributed by atoms with Crippen molar-refractivity contribution in [1.29, 1.82) is 0 Å². The Labute approximate surface area is 78.3 Å². The SMILES string of the molecule is Cc1ccc([N+](=O)[O-])cc1OC(F)F. The molecule has 4 nitrogen and oxygen atoms in total. The molecule has 0 aliphatic heterocycles. The third-order valence-electron chi connectivity index (χ3n) is 1.60. The van der Waals surface area contributed by atoms with Crippen LogP contribution >= 0.6 is 0 Å². The van der Waals surface area contributed by atoms with Crippen molar-refractivity contribution < 1.29 is 18.4 Å². The number of hydrogen-bond acceptors (Lipinski definition) is 3. The average Bonchev–Trinajstić information content (AvgIpc) is 2.07. The highest BCUT2D eigenvalue weighted by atomic mass is 19.3. The van der Waals surface area contributed by atoms with E-state index >= 15 is 0 Å². The fourth-order valence-corrected chi connectivity index (χ4v) is 0.925. The van der Waals surface area contributed by atoms with Gasteiger partial charge < -0.3 is 4.74 Å². The molecule has 0 aromatic heterocycles. The number of non-ortho nitro benzene ring substituents is 1. The predicted molar refractivity (Wildman–Crippen MR) is 44.5 cm³/mol. The van der Waals surface area contributed by atoms with E-state index in [0.29, 0.717) is 5.56 Å². The Balaban J connectivity index is 3.02. The minimum absolute atomic E-state index is 0.172. The summed E-state index contributed by atoms with van der Waals surface area (Å²) in [7, 11) is 0. The first-order chi connectivity index (χ1) is 6.50. The largest absolute Gasteiger partial charge is 0.434 e. The van der Waals surface area contributed by atoms with E-state index < -0.39 is 11.5 Å². The van der Waals surface area contributed by atoms with Crippen LogP contribution in [0.5, 0.6) is 5.75 Å². The number of aryl methyl sites for hydroxylation is 1. The van der Waals surface area contributed by atoms with Gasteiger partial charge in [0.1, 0.15) is 5.75 Å². The van der Waals surface area contributed by atoms with Crippen LogP contribution in [0.1, 0.15) is 5.56 Å². The van der Waals surface area contributed by atoms with Crippen molar-refractivity contribution >= 4 is 5.69 Å². The van der Waals surface area contributed by atoms with Gasteiger partial charge in [0.15, 0.2) is 0 Å². The summed E-state index contributed by atoms with van der Waals surface area (Å²) in [5.41, 5.74) is 0.155. The molecule has 1 aromatic carbocycles. The first kappa shape index (κ1) is 10.4. The topological polar surface area (TPSA) is 52.4 Å². The van der Waals surface area contributed by atoms with Crippen LogP contribution < -0.4 is 4.74 Å². The summed E-state index contributed by atoms with van der Waals surface area (Å²) in [6, 6.07) is 3.56. The zero-order chi connectivity index (χ0) is 10.7. The smallest absolute Gasteiger partial charge is 0.387 e. The van der Waals surface area contributed by atoms with Crippen LogP contribution in [0.15, 0.2) is 18.2 Å². The molecular weight excluding hydrogens is 196 g/mol. The lowest BCUT2D eigenvalue weighted by Gasteiger charge is -2.06. The average molecular weight is 203 g/mol. The normalized spacial score (nSPS) is 10.3. The lowest BCUT2D eigenvalue weighted by Crippen LogP contribution is -2.03. The van der Waals surface area contributed by atoms with Gasteiger partial charge in [0, 0.05) is 6.07 Å². The Kier molecular flexibility index (Phi) is 2.95. The van der Waals surface area contributed by atoms with E-state index in [9.17, 15) is 18.9 Å². The van der Waals surface area contributed by atoms with Crippen molar-refractivity contribution in [2.24, 2.45) is 0 Å². The summed E-state index contributed by atoms with van der Waals surface area (Å²) in [6.07, 6.45) is 0. The second-order valence-electron chi connectivity index (χ2n) is 2.59. The molecular formula is C8H7F2NO3. The number of halogens is 2. The van der Waals surface area contributed by atoms with Crippen molar-refractivity contribution in [3.05, 3.63) is 33.9 Å². The highest BCUT2D eigenvalue weighted by Gasteiger charge is 2.12. The van der Waals surface area contributed by atoms with E-state index in [1.165, 1.54) is 19.1 Å². The molecule has 1 aromatic rings. The van der Waals surface area contributed by atoms with E-state index in [1.807, 2.05) is 0 Å². The van der Waals surface area contributed by atoms with Crippen LogP contribution in [0, 0.1) is 17.0 Å². The summed E-state index contributed by atoms with van der Waals surface area (Å²) in [6.45, 7) is -1.45. The lowest BCUT2D eigenvalue weighted by molar-refractivity contribution is -0.385. The molecule has 0 saturated carbocycles. The van der Waals surface area contributed by atoms with Crippen molar-refractivity contribution in [2.45, 2.75) is 13.5 Å². The Morgan fingerprint density at radius 2 is 2.14 bits per heavy atom. The van der Waals surface area contributed by atoms with Crippen molar-refractivity contribution in [1.82, 2.24) is 0 Å². The van der Waals surface area contributed by atoms with Gasteiger partial charge in [0.2, 0.25) is 0 Å². The molecule has 14 heavy (non-hydrogen) atoms.